The van der Waals surface area contributed by atoms with Crippen LogP contribution in [0.25, 0.3) is 21.9 Å². The molecule has 0 bridgehead atoms. The lowest BCUT2D eigenvalue weighted by Crippen LogP contribution is -2.05. The minimum absolute atomic E-state index is 0.201. The number of hydrogen-bond donors (Lipinski definition) is 0. The van der Waals surface area contributed by atoms with Gasteiger partial charge in [-0.15, -0.1) is 0 Å². The quantitative estimate of drug-likeness (QED) is 0.505. The molecule has 0 saturated carbocycles. The average molecular weight is 362 g/mol. The zero-order chi connectivity index (χ0) is 19.1. The van der Waals surface area contributed by atoms with Crippen molar-refractivity contribution in [3.8, 4) is 5.75 Å². The molecule has 5 nitrogen and oxygen atoms in total. The molecular formula is C22H18O5. The van der Waals surface area contributed by atoms with Crippen molar-refractivity contribution in [1.29, 1.82) is 0 Å². The van der Waals surface area contributed by atoms with Crippen LogP contribution in [0.15, 0.2) is 60.9 Å². The normalized spacial score (nSPS) is 11.2. The Morgan fingerprint density at radius 1 is 0.741 bits per heavy atom. The van der Waals surface area contributed by atoms with Gasteiger partial charge in [-0.05, 0) is 61.7 Å². The fraction of sp³-hybridized carbons (Fsp3) is 0.182. The molecule has 5 heteroatoms. The van der Waals surface area contributed by atoms with E-state index in [-0.39, 0.29) is 6.61 Å². The second-order valence-corrected chi connectivity index (χ2v) is 6.72. The van der Waals surface area contributed by atoms with Crippen LogP contribution in [0.5, 0.6) is 5.75 Å². The smallest absolute Gasteiger partial charge is 0.336 e. The molecule has 2 heterocycles. The SMILES string of the molecule is Cc1cc2oc(=O)cc(COc3ccc4c(C)cc(=O)oc4c3)c2cc1C. The molecule has 2 aromatic carbocycles. The molecule has 0 aliphatic carbocycles. The van der Waals surface area contributed by atoms with Crippen LogP contribution in [0, 0.1) is 20.8 Å². The molecule has 0 radical (unpaired) electrons. The Balaban J connectivity index is 1.71. The molecule has 4 aromatic rings. The highest BCUT2D eigenvalue weighted by Crippen LogP contribution is 2.25. The first-order valence-electron chi connectivity index (χ1n) is 8.62. The van der Waals surface area contributed by atoms with Crippen molar-refractivity contribution in [3.63, 3.8) is 0 Å². The molecule has 0 unspecified atom stereocenters. The lowest BCUT2D eigenvalue weighted by atomic mass is 10.0. The van der Waals surface area contributed by atoms with Gasteiger partial charge in [0.1, 0.15) is 23.5 Å². The Morgan fingerprint density at radius 2 is 1.41 bits per heavy atom. The first kappa shape index (κ1) is 17.1. The fourth-order valence-corrected chi connectivity index (χ4v) is 3.16. The molecular weight excluding hydrogens is 344 g/mol. The molecule has 0 amide bonds. The number of hydrogen-bond acceptors (Lipinski definition) is 5. The third kappa shape index (κ3) is 3.24. The van der Waals surface area contributed by atoms with E-state index in [1.54, 1.807) is 6.07 Å². The van der Waals surface area contributed by atoms with Crippen molar-refractivity contribution in [2.75, 3.05) is 0 Å². The summed E-state index contributed by atoms with van der Waals surface area (Å²) in [5.74, 6) is 0.557. The highest BCUT2D eigenvalue weighted by molar-refractivity contribution is 5.82. The monoisotopic (exact) mass is 362 g/mol. The van der Waals surface area contributed by atoms with Gasteiger partial charge in [0.2, 0.25) is 0 Å². The van der Waals surface area contributed by atoms with Gasteiger partial charge >= 0.3 is 11.3 Å². The molecule has 0 aliphatic heterocycles. The number of ether oxygens (including phenoxy) is 1. The maximum Gasteiger partial charge on any atom is 0.336 e. The first-order valence-corrected chi connectivity index (χ1v) is 8.62. The highest BCUT2D eigenvalue weighted by atomic mass is 16.5. The predicted octanol–water partition coefficient (Wildman–Crippen LogP) is 4.40. The van der Waals surface area contributed by atoms with E-state index in [4.69, 9.17) is 13.6 Å². The number of fused-ring (bicyclic) bond motifs is 2. The molecule has 2 aromatic heterocycles. The number of aryl methyl sites for hydroxylation is 3. The zero-order valence-corrected chi connectivity index (χ0v) is 15.3. The van der Waals surface area contributed by atoms with Gasteiger partial charge in [0.25, 0.3) is 0 Å². The van der Waals surface area contributed by atoms with Crippen LogP contribution >= 0.6 is 0 Å². The predicted molar refractivity (Wildman–Crippen MR) is 104 cm³/mol. The van der Waals surface area contributed by atoms with E-state index in [0.717, 1.165) is 33.0 Å². The van der Waals surface area contributed by atoms with E-state index in [1.165, 1.54) is 12.1 Å². The average Bonchev–Trinajstić information content (AvgIpc) is 2.60. The van der Waals surface area contributed by atoms with E-state index in [9.17, 15) is 9.59 Å². The largest absolute Gasteiger partial charge is 0.489 e. The summed E-state index contributed by atoms with van der Waals surface area (Å²) < 4.78 is 16.4. The van der Waals surface area contributed by atoms with Crippen LogP contribution in [0.4, 0.5) is 0 Å². The number of rotatable bonds is 3. The number of benzene rings is 2. The van der Waals surface area contributed by atoms with Crippen LogP contribution in [-0.4, -0.2) is 0 Å². The summed E-state index contributed by atoms with van der Waals surface area (Å²) in [4.78, 5) is 23.5. The minimum atomic E-state index is -0.413. The standard InChI is InChI=1S/C22H18O5/c1-12-6-18-15(9-22(24)26-19(18)7-13(12)2)11-25-16-4-5-17-14(3)8-21(23)27-20(17)10-16/h4-10H,11H2,1-3H3. The Bertz CT molecular complexity index is 1290. The summed E-state index contributed by atoms with van der Waals surface area (Å²) in [5.41, 5.74) is 3.98. The van der Waals surface area contributed by atoms with E-state index >= 15 is 0 Å². The van der Waals surface area contributed by atoms with Crippen molar-refractivity contribution in [2.24, 2.45) is 0 Å². The molecule has 0 saturated heterocycles. The fourth-order valence-electron chi connectivity index (χ4n) is 3.16. The molecule has 0 fully saturated rings. The van der Waals surface area contributed by atoms with E-state index in [1.807, 2.05) is 45.0 Å². The van der Waals surface area contributed by atoms with Crippen molar-refractivity contribution in [2.45, 2.75) is 27.4 Å². The second-order valence-electron chi connectivity index (χ2n) is 6.72. The van der Waals surface area contributed by atoms with E-state index in [2.05, 4.69) is 0 Å². The molecule has 0 atom stereocenters. The molecule has 136 valence electrons. The molecule has 0 N–H and O–H groups in total. The summed E-state index contributed by atoms with van der Waals surface area (Å²) in [6.45, 7) is 6.05. The van der Waals surface area contributed by atoms with Crippen LogP contribution < -0.4 is 16.0 Å². The summed E-state index contributed by atoms with van der Waals surface area (Å²) in [5, 5.41) is 1.71. The van der Waals surface area contributed by atoms with Crippen molar-refractivity contribution < 1.29 is 13.6 Å². The van der Waals surface area contributed by atoms with E-state index in [0.29, 0.717) is 16.9 Å². The van der Waals surface area contributed by atoms with Crippen molar-refractivity contribution in [3.05, 3.63) is 85.6 Å². The topological polar surface area (TPSA) is 69.7 Å². The van der Waals surface area contributed by atoms with Gasteiger partial charge in [-0.1, -0.05) is 0 Å². The van der Waals surface area contributed by atoms with Gasteiger partial charge in [0.05, 0.1) is 0 Å². The van der Waals surface area contributed by atoms with Crippen molar-refractivity contribution in [1.82, 2.24) is 0 Å². The minimum Gasteiger partial charge on any atom is -0.489 e. The van der Waals surface area contributed by atoms with Crippen LogP contribution in [0.3, 0.4) is 0 Å². The van der Waals surface area contributed by atoms with Crippen molar-refractivity contribution >= 4 is 21.9 Å². The third-order valence-corrected chi connectivity index (χ3v) is 4.76. The van der Waals surface area contributed by atoms with Crippen LogP contribution in [0.1, 0.15) is 22.3 Å². The van der Waals surface area contributed by atoms with E-state index < -0.39 is 11.3 Å². The third-order valence-electron chi connectivity index (χ3n) is 4.76. The Hall–Kier alpha value is -3.34. The molecule has 4 rings (SSSR count). The summed E-state index contributed by atoms with van der Waals surface area (Å²) >= 11 is 0. The maximum atomic E-state index is 11.9. The Kier molecular flexibility index (Phi) is 4.07. The van der Waals surface area contributed by atoms with Crippen LogP contribution in [0.2, 0.25) is 0 Å². The van der Waals surface area contributed by atoms with Gasteiger partial charge < -0.3 is 13.6 Å². The van der Waals surface area contributed by atoms with Gasteiger partial charge in [0, 0.05) is 34.5 Å². The zero-order valence-electron chi connectivity index (χ0n) is 15.3. The molecule has 27 heavy (non-hydrogen) atoms. The highest BCUT2D eigenvalue weighted by Gasteiger charge is 2.10. The lowest BCUT2D eigenvalue weighted by molar-refractivity contribution is 0.306. The first-order chi connectivity index (χ1) is 12.9. The maximum absolute atomic E-state index is 11.9. The van der Waals surface area contributed by atoms with Gasteiger partial charge in [0.15, 0.2) is 0 Å². The summed E-state index contributed by atoms with van der Waals surface area (Å²) in [7, 11) is 0. The molecule has 0 spiro atoms. The van der Waals surface area contributed by atoms with Crippen LogP contribution in [-0.2, 0) is 6.61 Å². The molecule has 0 aliphatic rings. The van der Waals surface area contributed by atoms with Gasteiger partial charge in [-0.2, -0.15) is 0 Å². The second kappa shape index (κ2) is 6.43. The van der Waals surface area contributed by atoms with Gasteiger partial charge in [-0.25, -0.2) is 9.59 Å². The Labute approximate surface area is 154 Å². The van der Waals surface area contributed by atoms with Gasteiger partial charge in [-0.3, -0.25) is 0 Å². The Morgan fingerprint density at radius 3 is 2.19 bits per heavy atom. The summed E-state index contributed by atoms with van der Waals surface area (Å²) in [6, 6.07) is 12.1. The summed E-state index contributed by atoms with van der Waals surface area (Å²) in [6.07, 6.45) is 0. The lowest BCUT2D eigenvalue weighted by Gasteiger charge is -2.10.